The molecule has 0 bridgehead atoms. The van der Waals surface area contributed by atoms with Crippen LogP contribution in [0.1, 0.15) is 34.6 Å². The zero-order valence-corrected chi connectivity index (χ0v) is 19.0. The summed E-state index contributed by atoms with van der Waals surface area (Å²) < 4.78 is 5.88. The van der Waals surface area contributed by atoms with E-state index in [1.807, 2.05) is 24.3 Å². The fourth-order valence-electron chi connectivity index (χ4n) is 3.14. The standard InChI is InChI=1S/C22H25N3O3S.ClH/c1-4-24(5-2)14-15-25(22-23-18-12-8-9-13-19(18)29-22)20(26)16-10-6-7-11-17(16)21(27)28-3;/h6-13H,4-5,14-15H2,1-3H3;1H. The Morgan fingerprint density at radius 3 is 2.23 bits per heavy atom. The maximum Gasteiger partial charge on any atom is 0.338 e. The normalized spacial score (nSPS) is 10.7. The summed E-state index contributed by atoms with van der Waals surface area (Å²) in [7, 11) is 1.31. The van der Waals surface area contributed by atoms with Crippen LogP contribution in [0.4, 0.5) is 5.13 Å². The second kappa shape index (κ2) is 11.1. The molecule has 0 aliphatic carbocycles. The van der Waals surface area contributed by atoms with Crippen LogP contribution in [0.25, 0.3) is 10.2 Å². The number of hydrogen-bond acceptors (Lipinski definition) is 6. The smallest absolute Gasteiger partial charge is 0.338 e. The zero-order valence-electron chi connectivity index (χ0n) is 17.3. The van der Waals surface area contributed by atoms with E-state index in [9.17, 15) is 9.59 Å². The quantitative estimate of drug-likeness (QED) is 0.476. The summed E-state index contributed by atoms with van der Waals surface area (Å²) in [6.45, 7) is 7.19. The Morgan fingerprint density at radius 2 is 1.60 bits per heavy atom. The number of halogens is 1. The molecule has 0 fully saturated rings. The fraction of sp³-hybridized carbons (Fsp3) is 0.318. The number of esters is 1. The van der Waals surface area contributed by atoms with Gasteiger partial charge >= 0.3 is 5.97 Å². The van der Waals surface area contributed by atoms with Crippen molar-refractivity contribution in [3.8, 4) is 0 Å². The van der Waals surface area contributed by atoms with Crippen LogP contribution in [0.15, 0.2) is 48.5 Å². The molecule has 0 radical (unpaired) electrons. The number of carbonyl (C=O) groups is 2. The number of carbonyl (C=O) groups excluding carboxylic acids is 2. The Balaban J connectivity index is 0.00000320. The van der Waals surface area contributed by atoms with Crippen LogP contribution >= 0.6 is 23.7 Å². The minimum atomic E-state index is -0.526. The predicted octanol–water partition coefficient (Wildman–Crippen LogP) is 4.49. The summed E-state index contributed by atoms with van der Waals surface area (Å²) in [5.74, 6) is -0.779. The SMILES string of the molecule is CCN(CC)CCN(C(=O)c1ccccc1C(=O)OC)c1nc2ccccc2s1.Cl. The van der Waals surface area contributed by atoms with Crippen molar-refractivity contribution in [1.29, 1.82) is 0 Å². The van der Waals surface area contributed by atoms with Crippen LogP contribution < -0.4 is 4.90 Å². The molecule has 0 spiro atoms. The van der Waals surface area contributed by atoms with E-state index in [2.05, 4.69) is 23.7 Å². The highest BCUT2D eigenvalue weighted by Crippen LogP contribution is 2.30. The van der Waals surface area contributed by atoms with E-state index < -0.39 is 5.97 Å². The summed E-state index contributed by atoms with van der Waals surface area (Å²) in [6, 6.07) is 14.6. The molecule has 30 heavy (non-hydrogen) atoms. The lowest BCUT2D eigenvalue weighted by molar-refractivity contribution is 0.0597. The average molecular weight is 448 g/mol. The molecule has 1 amide bonds. The lowest BCUT2D eigenvalue weighted by atomic mass is 10.1. The first-order valence-corrected chi connectivity index (χ1v) is 10.5. The lowest BCUT2D eigenvalue weighted by Gasteiger charge is -2.25. The number of amides is 1. The van der Waals surface area contributed by atoms with Crippen LogP contribution in [-0.2, 0) is 4.74 Å². The molecule has 0 aliphatic rings. The fourth-order valence-corrected chi connectivity index (χ4v) is 4.13. The Hall–Kier alpha value is -2.48. The van der Waals surface area contributed by atoms with Crippen LogP contribution in [0.5, 0.6) is 0 Å². The van der Waals surface area contributed by atoms with E-state index in [-0.39, 0.29) is 23.9 Å². The second-order valence-corrected chi connectivity index (χ2v) is 7.49. The predicted molar refractivity (Wildman–Crippen MR) is 124 cm³/mol. The molecule has 0 unspecified atom stereocenters. The number of fused-ring (bicyclic) bond motifs is 1. The number of para-hydroxylation sites is 1. The summed E-state index contributed by atoms with van der Waals surface area (Å²) in [4.78, 5) is 34.3. The molecule has 1 heterocycles. The highest BCUT2D eigenvalue weighted by molar-refractivity contribution is 7.22. The van der Waals surface area contributed by atoms with Gasteiger partial charge in [0.15, 0.2) is 5.13 Å². The maximum atomic E-state index is 13.5. The van der Waals surface area contributed by atoms with Gasteiger partial charge in [0.25, 0.3) is 5.91 Å². The monoisotopic (exact) mass is 447 g/mol. The molecule has 160 valence electrons. The van der Waals surface area contributed by atoms with Gasteiger partial charge < -0.3 is 9.64 Å². The molecular weight excluding hydrogens is 422 g/mol. The third-order valence-corrected chi connectivity index (χ3v) is 5.92. The van der Waals surface area contributed by atoms with Gasteiger partial charge in [-0.1, -0.05) is 49.4 Å². The molecule has 3 aromatic rings. The van der Waals surface area contributed by atoms with E-state index in [1.54, 1.807) is 29.2 Å². The van der Waals surface area contributed by atoms with Crippen molar-refractivity contribution < 1.29 is 14.3 Å². The third kappa shape index (κ3) is 5.16. The molecule has 0 saturated carbocycles. The molecule has 1 aromatic heterocycles. The maximum absolute atomic E-state index is 13.5. The minimum absolute atomic E-state index is 0. The number of hydrogen-bond donors (Lipinski definition) is 0. The largest absolute Gasteiger partial charge is 0.465 e. The lowest BCUT2D eigenvalue weighted by Crippen LogP contribution is -2.39. The first kappa shape index (κ1) is 23.8. The Bertz CT molecular complexity index is 971. The van der Waals surface area contributed by atoms with Crippen molar-refractivity contribution in [3.05, 3.63) is 59.7 Å². The molecule has 0 saturated heterocycles. The van der Waals surface area contributed by atoms with Gasteiger partial charge in [0.2, 0.25) is 0 Å². The highest BCUT2D eigenvalue weighted by Gasteiger charge is 2.25. The minimum Gasteiger partial charge on any atom is -0.465 e. The van der Waals surface area contributed by atoms with Crippen molar-refractivity contribution in [2.45, 2.75) is 13.8 Å². The van der Waals surface area contributed by atoms with Gasteiger partial charge in [0.1, 0.15) is 0 Å². The highest BCUT2D eigenvalue weighted by atomic mass is 35.5. The van der Waals surface area contributed by atoms with E-state index in [0.29, 0.717) is 17.2 Å². The number of thiazole rings is 1. The first-order valence-electron chi connectivity index (χ1n) is 9.66. The van der Waals surface area contributed by atoms with Gasteiger partial charge in [-0.25, -0.2) is 9.78 Å². The molecule has 8 heteroatoms. The summed E-state index contributed by atoms with van der Waals surface area (Å²) in [5.41, 5.74) is 1.43. The summed E-state index contributed by atoms with van der Waals surface area (Å²) in [5, 5.41) is 0.628. The van der Waals surface area contributed by atoms with E-state index in [1.165, 1.54) is 18.4 Å². The van der Waals surface area contributed by atoms with Gasteiger partial charge in [-0.15, -0.1) is 12.4 Å². The van der Waals surface area contributed by atoms with Crippen molar-refractivity contribution >= 4 is 51.0 Å². The molecule has 6 nitrogen and oxygen atoms in total. The number of methoxy groups -OCH3 is 1. The van der Waals surface area contributed by atoms with Crippen molar-refractivity contribution in [2.75, 3.05) is 38.2 Å². The van der Waals surface area contributed by atoms with Crippen LogP contribution in [0, 0.1) is 0 Å². The number of likely N-dealkylation sites (N-methyl/N-ethyl adjacent to an activating group) is 1. The number of anilines is 1. The van der Waals surface area contributed by atoms with Crippen LogP contribution in [0.3, 0.4) is 0 Å². The first-order chi connectivity index (χ1) is 14.1. The van der Waals surface area contributed by atoms with E-state index >= 15 is 0 Å². The Morgan fingerprint density at radius 1 is 0.967 bits per heavy atom. The summed E-state index contributed by atoms with van der Waals surface area (Å²) in [6.07, 6.45) is 0. The van der Waals surface area contributed by atoms with Gasteiger partial charge in [0.05, 0.1) is 28.5 Å². The van der Waals surface area contributed by atoms with E-state index in [0.717, 1.165) is 29.9 Å². The molecule has 0 aliphatic heterocycles. The van der Waals surface area contributed by atoms with Gasteiger partial charge in [-0.2, -0.15) is 0 Å². The molecule has 2 aromatic carbocycles. The number of ether oxygens (including phenoxy) is 1. The number of aromatic nitrogens is 1. The van der Waals surface area contributed by atoms with Crippen molar-refractivity contribution in [1.82, 2.24) is 9.88 Å². The van der Waals surface area contributed by atoms with E-state index in [4.69, 9.17) is 4.74 Å². The Labute approximate surface area is 186 Å². The van der Waals surface area contributed by atoms with Gasteiger partial charge in [-0.05, 0) is 37.4 Å². The molecule has 3 rings (SSSR count). The van der Waals surface area contributed by atoms with Gasteiger partial charge in [0, 0.05) is 13.1 Å². The summed E-state index contributed by atoms with van der Waals surface area (Å²) >= 11 is 1.47. The van der Waals surface area contributed by atoms with Crippen molar-refractivity contribution in [3.63, 3.8) is 0 Å². The average Bonchev–Trinajstić information content (AvgIpc) is 3.19. The van der Waals surface area contributed by atoms with Crippen LogP contribution in [-0.4, -0.2) is 55.0 Å². The van der Waals surface area contributed by atoms with Gasteiger partial charge in [-0.3, -0.25) is 9.69 Å². The molecule has 0 N–H and O–H groups in total. The third-order valence-electron chi connectivity index (χ3n) is 4.86. The van der Waals surface area contributed by atoms with Crippen LogP contribution in [0.2, 0.25) is 0 Å². The number of benzene rings is 2. The molecule has 0 atom stereocenters. The second-order valence-electron chi connectivity index (χ2n) is 6.49. The zero-order chi connectivity index (χ0) is 20.8. The Kier molecular flexibility index (Phi) is 8.77. The molecular formula is C22H26ClN3O3S. The topological polar surface area (TPSA) is 62.7 Å². The number of nitrogens with zero attached hydrogens (tertiary/aromatic N) is 3. The number of rotatable bonds is 8. The van der Waals surface area contributed by atoms with Crippen molar-refractivity contribution in [2.24, 2.45) is 0 Å².